The van der Waals surface area contributed by atoms with Crippen molar-refractivity contribution in [3.05, 3.63) is 21.8 Å². The lowest BCUT2D eigenvalue weighted by Crippen LogP contribution is -2.18. The van der Waals surface area contributed by atoms with Gasteiger partial charge in [-0.15, -0.1) is 11.3 Å². The maximum Gasteiger partial charge on any atom is 0.244 e. The number of nitrogens with two attached hydrogens (primary N) is 1. The first-order valence-electron chi connectivity index (χ1n) is 5.46. The van der Waals surface area contributed by atoms with Gasteiger partial charge in [0.15, 0.2) is 0 Å². The van der Waals surface area contributed by atoms with Crippen LogP contribution in [0.5, 0.6) is 0 Å². The molecule has 0 saturated carbocycles. The van der Waals surface area contributed by atoms with Crippen LogP contribution >= 0.6 is 27.3 Å². The van der Waals surface area contributed by atoms with Crippen molar-refractivity contribution in [1.82, 2.24) is 10.1 Å². The Morgan fingerprint density at radius 3 is 2.88 bits per heavy atom. The molecule has 0 amide bonds. The Kier molecular flexibility index (Phi) is 3.96. The third-order valence-electron chi connectivity index (χ3n) is 2.78. The van der Waals surface area contributed by atoms with Crippen molar-refractivity contribution in [1.29, 1.82) is 0 Å². The quantitative estimate of drug-likeness (QED) is 0.936. The summed E-state index contributed by atoms with van der Waals surface area (Å²) < 4.78 is 6.26. The van der Waals surface area contributed by atoms with Crippen molar-refractivity contribution in [3.63, 3.8) is 0 Å². The third-order valence-corrected chi connectivity index (χ3v) is 4.40. The van der Waals surface area contributed by atoms with E-state index in [9.17, 15) is 0 Å². The van der Waals surface area contributed by atoms with Crippen LogP contribution in [0.2, 0.25) is 0 Å². The number of rotatable bonds is 4. The van der Waals surface area contributed by atoms with E-state index in [1.165, 1.54) is 0 Å². The average Bonchev–Trinajstić information content (AvgIpc) is 2.95. The van der Waals surface area contributed by atoms with Gasteiger partial charge >= 0.3 is 0 Å². The predicted octanol–water partition coefficient (Wildman–Crippen LogP) is 3.61. The van der Waals surface area contributed by atoms with E-state index in [0.717, 1.165) is 15.1 Å². The van der Waals surface area contributed by atoms with Gasteiger partial charge in [0.1, 0.15) is 0 Å². The smallest absolute Gasteiger partial charge is 0.244 e. The minimum atomic E-state index is -0.190. The van der Waals surface area contributed by atoms with Crippen LogP contribution in [0.3, 0.4) is 0 Å². The van der Waals surface area contributed by atoms with Crippen molar-refractivity contribution in [2.24, 2.45) is 11.7 Å². The topological polar surface area (TPSA) is 64.9 Å². The SMILES string of the molecule is CCC(C)[C@H](N)c1nc(-c2ccc(Br)s2)no1. The molecule has 0 fully saturated rings. The van der Waals surface area contributed by atoms with Crippen LogP contribution in [0.15, 0.2) is 20.4 Å². The van der Waals surface area contributed by atoms with Crippen molar-refractivity contribution in [2.75, 3.05) is 0 Å². The fraction of sp³-hybridized carbons (Fsp3) is 0.455. The highest BCUT2D eigenvalue weighted by atomic mass is 79.9. The van der Waals surface area contributed by atoms with Crippen LogP contribution in [-0.2, 0) is 0 Å². The molecule has 0 aromatic carbocycles. The van der Waals surface area contributed by atoms with E-state index in [0.29, 0.717) is 17.6 Å². The molecular weight excluding hydrogens is 302 g/mol. The van der Waals surface area contributed by atoms with E-state index in [1.54, 1.807) is 11.3 Å². The Hall–Kier alpha value is -0.720. The zero-order chi connectivity index (χ0) is 12.4. The second-order valence-corrected chi connectivity index (χ2v) is 6.43. The summed E-state index contributed by atoms with van der Waals surface area (Å²) in [4.78, 5) is 5.32. The number of nitrogens with zero attached hydrogens (tertiary/aromatic N) is 2. The van der Waals surface area contributed by atoms with Crippen LogP contribution in [-0.4, -0.2) is 10.1 Å². The number of aromatic nitrogens is 2. The molecule has 2 N–H and O–H groups in total. The van der Waals surface area contributed by atoms with Crippen LogP contribution in [0.4, 0.5) is 0 Å². The molecule has 0 aliphatic carbocycles. The fourth-order valence-electron chi connectivity index (χ4n) is 1.40. The molecule has 6 heteroatoms. The molecule has 0 spiro atoms. The molecule has 0 radical (unpaired) electrons. The van der Waals surface area contributed by atoms with Crippen LogP contribution in [0.25, 0.3) is 10.7 Å². The first-order valence-corrected chi connectivity index (χ1v) is 7.07. The summed E-state index contributed by atoms with van der Waals surface area (Å²) in [5.41, 5.74) is 6.04. The predicted molar refractivity (Wildman–Crippen MR) is 71.7 cm³/mol. The zero-order valence-corrected chi connectivity index (χ0v) is 12.1. The molecule has 2 atom stereocenters. The Balaban J connectivity index is 2.21. The molecule has 2 aromatic heterocycles. The Labute approximate surface area is 112 Å². The molecular formula is C11H14BrN3OS. The lowest BCUT2D eigenvalue weighted by atomic mass is 10.0. The molecule has 0 saturated heterocycles. The van der Waals surface area contributed by atoms with Gasteiger partial charge < -0.3 is 10.3 Å². The van der Waals surface area contributed by atoms with Gasteiger partial charge in [0, 0.05) is 0 Å². The molecule has 2 rings (SSSR count). The van der Waals surface area contributed by atoms with Gasteiger partial charge in [0.25, 0.3) is 0 Å². The summed E-state index contributed by atoms with van der Waals surface area (Å²) in [7, 11) is 0. The summed E-state index contributed by atoms with van der Waals surface area (Å²) in [6, 6.07) is 3.73. The standard InChI is InChI=1S/C11H14BrN3OS/c1-3-6(2)9(13)11-14-10(15-16-11)7-4-5-8(12)17-7/h4-6,9H,3,13H2,1-2H3/t6?,9-/m0/s1. The summed E-state index contributed by atoms with van der Waals surface area (Å²) in [5, 5.41) is 3.96. The molecule has 0 aliphatic heterocycles. The van der Waals surface area contributed by atoms with Gasteiger partial charge in [-0.2, -0.15) is 4.98 Å². The molecule has 17 heavy (non-hydrogen) atoms. The first-order chi connectivity index (χ1) is 8.11. The highest BCUT2D eigenvalue weighted by Crippen LogP contribution is 2.30. The molecule has 1 unspecified atom stereocenters. The van der Waals surface area contributed by atoms with Crippen molar-refractivity contribution >= 4 is 27.3 Å². The van der Waals surface area contributed by atoms with Crippen molar-refractivity contribution in [2.45, 2.75) is 26.3 Å². The average molecular weight is 316 g/mol. The largest absolute Gasteiger partial charge is 0.337 e. The van der Waals surface area contributed by atoms with Gasteiger partial charge in [-0.05, 0) is 34.0 Å². The zero-order valence-electron chi connectivity index (χ0n) is 9.68. The van der Waals surface area contributed by atoms with Crippen molar-refractivity contribution < 1.29 is 4.52 Å². The van der Waals surface area contributed by atoms with Gasteiger partial charge in [0.05, 0.1) is 14.7 Å². The van der Waals surface area contributed by atoms with Gasteiger partial charge in [-0.25, -0.2) is 0 Å². The lowest BCUT2D eigenvalue weighted by Gasteiger charge is -2.12. The number of thiophene rings is 1. The third kappa shape index (κ3) is 2.75. The van der Waals surface area contributed by atoms with Gasteiger partial charge in [-0.3, -0.25) is 0 Å². The highest BCUT2D eigenvalue weighted by molar-refractivity contribution is 9.11. The maximum atomic E-state index is 6.04. The van der Waals surface area contributed by atoms with Crippen molar-refractivity contribution in [3.8, 4) is 10.7 Å². The summed E-state index contributed by atoms with van der Waals surface area (Å²) >= 11 is 4.98. The molecule has 4 nitrogen and oxygen atoms in total. The van der Waals surface area contributed by atoms with E-state index in [2.05, 4.69) is 39.9 Å². The second kappa shape index (κ2) is 5.29. The monoisotopic (exact) mass is 315 g/mol. The molecule has 2 heterocycles. The Morgan fingerprint density at radius 1 is 1.53 bits per heavy atom. The lowest BCUT2D eigenvalue weighted by molar-refractivity contribution is 0.312. The Bertz CT molecular complexity index is 496. The maximum absolute atomic E-state index is 6.04. The van der Waals surface area contributed by atoms with Crippen LogP contribution in [0.1, 0.15) is 32.2 Å². The fourth-order valence-corrected chi connectivity index (χ4v) is 2.71. The second-order valence-electron chi connectivity index (χ2n) is 3.97. The summed E-state index contributed by atoms with van der Waals surface area (Å²) in [6.45, 7) is 4.18. The van der Waals surface area contributed by atoms with E-state index in [4.69, 9.17) is 10.3 Å². The first kappa shape index (κ1) is 12.7. The van der Waals surface area contributed by atoms with Crippen LogP contribution < -0.4 is 5.73 Å². The van der Waals surface area contributed by atoms with Crippen LogP contribution in [0, 0.1) is 5.92 Å². The molecule has 0 bridgehead atoms. The normalized spacial score (nSPS) is 14.8. The number of hydrogen-bond acceptors (Lipinski definition) is 5. The molecule has 2 aromatic rings. The van der Waals surface area contributed by atoms with E-state index in [1.807, 2.05) is 12.1 Å². The minimum absolute atomic E-state index is 0.190. The van der Waals surface area contributed by atoms with Gasteiger partial charge in [0.2, 0.25) is 11.7 Å². The minimum Gasteiger partial charge on any atom is -0.337 e. The van der Waals surface area contributed by atoms with E-state index >= 15 is 0 Å². The number of halogens is 1. The van der Waals surface area contributed by atoms with E-state index < -0.39 is 0 Å². The van der Waals surface area contributed by atoms with E-state index in [-0.39, 0.29) is 6.04 Å². The molecule has 0 aliphatic rings. The summed E-state index contributed by atoms with van der Waals surface area (Å²) in [5.74, 6) is 1.45. The van der Waals surface area contributed by atoms with Gasteiger partial charge in [-0.1, -0.05) is 25.4 Å². The molecule has 92 valence electrons. The number of hydrogen-bond donors (Lipinski definition) is 1. The summed E-state index contributed by atoms with van der Waals surface area (Å²) in [6.07, 6.45) is 0.990. The Morgan fingerprint density at radius 2 is 2.29 bits per heavy atom. The highest BCUT2D eigenvalue weighted by Gasteiger charge is 2.20.